The van der Waals surface area contributed by atoms with Crippen LogP contribution in [0.3, 0.4) is 0 Å². The number of morpholine rings is 1. The van der Waals surface area contributed by atoms with E-state index in [1.807, 2.05) is 19.9 Å². The Morgan fingerprint density at radius 2 is 2.08 bits per heavy atom. The van der Waals surface area contributed by atoms with Gasteiger partial charge in [0.2, 0.25) is 0 Å². The predicted molar refractivity (Wildman–Crippen MR) is 98.3 cm³/mol. The summed E-state index contributed by atoms with van der Waals surface area (Å²) in [5.74, 6) is 0.356. The van der Waals surface area contributed by atoms with Crippen LogP contribution in [0.2, 0.25) is 0 Å². The molecule has 2 saturated heterocycles. The molecule has 0 saturated carbocycles. The van der Waals surface area contributed by atoms with Crippen LogP contribution in [0.15, 0.2) is 12.3 Å². The Hall–Kier alpha value is -1.57. The fourth-order valence-corrected chi connectivity index (χ4v) is 4.10. The molecule has 3 heterocycles. The van der Waals surface area contributed by atoms with Crippen molar-refractivity contribution in [1.29, 1.82) is 0 Å². The highest BCUT2D eigenvalue weighted by Crippen LogP contribution is 2.31. The average molecular weight is 362 g/mol. The van der Waals surface area contributed by atoms with Gasteiger partial charge in [0.1, 0.15) is 6.29 Å². The Kier molecular flexibility index (Phi) is 6.21. The number of ether oxygens (including phenoxy) is 1. The molecule has 0 spiro atoms. The van der Waals surface area contributed by atoms with Gasteiger partial charge in [0.25, 0.3) is 5.91 Å². The molecule has 0 amide bonds. The number of hydrogen-bond donors (Lipinski definition) is 1. The molecule has 1 atom stereocenters. The van der Waals surface area contributed by atoms with Gasteiger partial charge >= 0.3 is 0 Å². The van der Waals surface area contributed by atoms with Gasteiger partial charge in [0.15, 0.2) is 0 Å². The zero-order valence-corrected chi connectivity index (χ0v) is 15.8. The summed E-state index contributed by atoms with van der Waals surface area (Å²) in [5.41, 5.74) is 0.282. The van der Waals surface area contributed by atoms with Gasteiger partial charge in [-0.15, -0.1) is 0 Å². The molecule has 144 valence electrons. The van der Waals surface area contributed by atoms with Crippen molar-refractivity contribution >= 4 is 12.2 Å². The van der Waals surface area contributed by atoms with Gasteiger partial charge in [-0.1, -0.05) is 0 Å². The zero-order valence-electron chi connectivity index (χ0n) is 15.8. The van der Waals surface area contributed by atoms with Gasteiger partial charge in [-0.2, -0.15) is 5.10 Å². The van der Waals surface area contributed by atoms with E-state index in [1.165, 1.54) is 4.68 Å². The number of hydrogen-bond acceptors (Lipinski definition) is 6. The Morgan fingerprint density at radius 3 is 2.73 bits per heavy atom. The lowest BCUT2D eigenvalue weighted by Crippen LogP contribution is -2.54. The third-order valence-corrected chi connectivity index (χ3v) is 5.77. The van der Waals surface area contributed by atoms with Gasteiger partial charge in [0, 0.05) is 37.7 Å². The van der Waals surface area contributed by atoms with E-state index in [-0.39, 0.29) is 11.9 Å². The largest absolute Gasteiger partial charge is 0.379 e. The smallest absolute Gasteiger partial charge is 0.254 e. The van der Waals surface area contributed by atoms with Gasteiger partial charge in [-0.05, 0) is 45.8 Å². The van der Waals surface area contributed by atoms with Crippen molar-refractivity contribution < 1.29 is 14.3 Å². The van der Waals surface area contributed by atoms with Crippen LogP contribution >= 0.6 is 0 Å². The third-order valence-electron chi connectivity index (χ3n) is 5.77. The van der Waals surface area contributed by atoms with Crippen LogP contribution < -0.4 is 5.32 Å². The molecule has 2 aliphatic heterocycles. The van der Waals surface area contributed by atoms with Gasteiger partial charge in [-0.3, -0.25) is 9.69 Å². The maximum absolute atomic E-state index is 13.2. The molecule has 26 heavy (non-hydrogen) atoms. The number of carbonyl (C=O) groups is 2. The first kappa shape index (κ1) is 19.2. The number of nitrogens with one attached hydrogen (secondary N) is 1. The van der Waals surface area contributed by atoms with Crippen LogP contribution in [0.1, 0.15) is 49.5 Å². The van der Waals surface area contributed by atoms with E-state index in [2.05, 4.69) is 15.3 Å². The number of carbonyl (C=O) groups excluding carboxylic acids is 2. The normalized spacial score (nSPS) is 21.5. The molecule has 1 N–H and O–H groups in total. The van der Waals surface area contributed by atoms with E-state index < -0.39 is 5.41 Å². The Labute approximate surface area is 155 Å². The summed E-state index contributed by atoms with van der Waals surface area (Å²) in [5, 5.41) is 7.95. The van der Waals surface area contributed by atoms with E-state index >= 15 is 0 Å². The van der Waals surface area contributed by atoms with E-state index in [0.29, 0.717) is 25.6 Å². The summed E-state index contributed by atoms with van der Waals surface area (Å²) in [4.78, 5) is 26.7. The Bertz CT molecular complexity index is 616. The van der Waals surface area contributed by atoms with Crippen LogP contribution in [-0.4, -0.2) is 72.3 Å². The second kappa shape index (κ2) is 8.41. The molecular weight excluding hydrogens is 332 g/mol. The molecule has 0 aliphatic carbocycles. The van der Waals surface area contributed by atoms with Crippen LogP contribution in [0, 0.1) is 5.41 Å². The van der Waals surface area contributed by atoms with Crippen LogP contribution in [0.25, 0.3) is 0 Å². The first-order valence-electron chi connectivity index (χ1n) is 9.60. The molecule has 0 radical (unpaired) electrons. The Morgan fingerprint density at radius 1 is 1.38 bits per heavy atom. The predicted octanol–water partition coefficient (Wildman–Crippen LogP) is 1.31. The number of aldehydes is 1. The van der Waals surface area contributed by atoms with Crippen LogP contribution in [-0.2, 0) is 9.53 Å². The molecule has 3 rings (SSSR count). The van der Waals surface area contributed by atoms with Crippen molar-refractivity contribution in [3.8, 4) is 0 Å². The Balaban J connectivity index is 1.77. The molecular formula is C19H30N4O3. The maximum Gasteiger partial charge on any atom is 0.254 e. The highest BCUT2D eigenvalue weighted by molar-refractivity contribution is 5.84. The molecule has 2 fully saturated rings. The lowest BCUT2D eigenvalue weighted by atomic mass is 9.80. The lowest BCUT2D eigenvalue weighted by molar-refractivity contribution is -0.110. The topological polar surface area (TPSA) is 76.5 Å². The zero-order chi connectivity index (χ0) is 18.6. The summed E-state index contributed by atoms with van der Waals surface area (Å²) in [7, 11) is 0. The maximum atomic E-state index is 13.2. The van der Waals surface area contributed by atoms with Crippen molar-refractivity contribution in [3.05, 3.63) is 18.0 Å². The summed E-state index contributed by atoms with van der Waals surface area (Å²) in [6, 6.07) is 1.82. The molecule has 0 aromatic carbocycles. The summed E-state index contributed by atoms with van der Waals surface area (Å²) in [6.45, 7) is 8.60. The number of aromatic nitrogens is 2. The second-order valence-corrected chi connectivity index (χ2v) is 7.80. The van der Waals surface area contributed by atoms with E-state index in [9.17, 15) is 9.59 Å². The lowest BCUT2D eigenvalue weighted by Gasteiger charge is -2.41. The van der Waals surface area contributed by atoms with E-state index in [4.69, 9.17) is 4.74 Å². The van der Waals surface area contributed by atoms with Crippen molar-refractivity contribution in [2.75, 3.05) is 39.4 Å². The standard InChI is InChI=1S/C19H30N4O3/c1-19(2,17(6-12-24)22-10-13-26-14-11-22)18(25)23-9-5-16(21-23)15-3-7-20-8-4-15/h5,9,12,15,17,20H,3-4,6-8,10-11,13-14H2,1-2H3. The average Bonchev–Trinajstić information content (AvgIpc) is 3.16. The first-order valence-corrected chi connectivity index (χ1v) is 9.60. The number of rotatable bonds is 6. The summed E-state index contributed by atoms with van der Waals surface area (Å²) in [6.07, 6.45) is 5.13. The fraction of sp³-hybridized carbons (Fsp3) is 0.737. The second-order valence-electron chi connectivity index (χ2n) is 7.80. The van der Waals surface area contributed by atoms with Crippen LogP contribution in [0.4, 0.5) is 0 Å². The minimum atomic E-state index is -0.713. The molecule has 7 nitrogen and oxygen atoms in total. The van der Waals surface area contributed by atoms with Gasteiger partial charge in [-0.25, -0.2) is 4.68 Å². The quantitative estimate of drug-likeness (QED) is 0.769. The number of piperidine rings is 1. The van der Waals surface area contributed by atoms with Crippen molar-refractivity contribution in [3.63, 3.8) is 0 Å². The van der Waals surface area contributed by atoms with E-state index in [0.717, 1.165) is 51.0 Å². The van der Waals surface area contributed by atoms with Gasteiger partial charge in [0.05, 0.1) is 24.3 Å². The van der Waals surface area contributed by atoms with E-state index in [1.54, 1.807) is 6.20 Å². The van der Waals surface area contributed by atoms with Crippen molar-refractivity contribution in [1.82, 2.24) is 20.0 Å². The molecule has 1 aromatic rings. The minimum Gasteiger partial charge on any atom is -0.379 e. The summed E-state index contributed by atoms with van der Waals surface area (Å²) < 4.78 is 6.90. The molecule has 1 aromatic heterocycles. The molecule has 2 aliphatic rings. The molecule has 1 unspecified atom stereocenters. The fourth-order valence-electron chi connectivity index (χ4n) is 4.10. The highest BCUT2D eigenvalue weighted by atomic mass is 16.5. The SMILES string of the molecule is CC(C)(C(=O)n1ccc(C2CCNCC2)n1)C(CC=O)N1CCOCC1. The third kappa shape index (κ3) is 4.05. The number of nitrogens with zero attached hydrogens (tertiary/aromatic N) is 3. The molecule has 7 heteroatoms. The van der Waals surface area contributed by atoms with Crippen molar-refractivity contribution in [2.24, 2.45) is 5.41 Å². The van der Waals surface area contributed by atoms with Crippen molar-refractivity contribution in [2.45, 2.75) is 45.1 Å². The van der Waals surface area contributed by atoms with Gasteiger partial charge < -0.3 is 14.8 Å². The minimum absolute atomic E-state index is 0.0592. The summed E-state index contributed by atoms with van der Waals surface area (Å²) >= 11 is 0. The highest BCUT2D eigenvalue weighted by Gasteiger charge is 2.41. The first-order chi connectivity index (χ1) is 12.5. The van der Waals surface area contributed by atoms with Crippen LogP contribution in [0.5, 0.6) is 0 Å². The molecule has 0 bridgehead atoms. The monoisotopic (exact) mass is 362 g/mol.